The summed E-state index contributed by atoms with van der Waals surface area (Å²) in [4.78, 5) is 2.48. The number of aryl methyl sites for hydroxylation is 1. The first-order valence-electron chi connectivity index (χ1n) is 5.40. The van der Waals surface area contributed by atoms with E-state index < -0.39 is 33.4 Å². The van der Waals surface area contributed by atoms with Crippen LogP contribution in [0.25, 0.3) is 0 Å². The maximum atomic E-state index is 13.4. The van der Waals surface area contributed by atoms with Gasteiger partial charge in [0.25, 0.3) is 10.0 Å². The molecule has 106 valence electrons. The number of halogens is 3. The summed E-state index contributed by atoms with van der Waals surface area (Å²) < 4.78 is 65.0. The first-order chi connectivity index (χ1) is 9.29. The topological polar surface area (TPSA) is 59.1 Å². The van der Waals surface area contributed by atoms with Gasteiger partial charge in [0.05, 0.1) is 4.90 Å². The SMILES string of the molecule is Cc1ccc(S(=O)(=O)Nc2ccc(F)nc2F)cc1F. The fourth-order valence-electron chi connectivity index (χ4n) is 1.43. The van der Waals surface area contributed by atoms with Gasteiger partial charge in [0.2, 0.25) is 11.9 Å². The molecule has 0 aliphatic rings. The van der Waals surface area contributed by atoms with Gasteiger partial charge in [-0.15, -0.1) is 0 Å². The zero-order chi connectivity index (χ0) is 14.9. The van der Waals surface area contributed by atoms with E-state index in [-0.39, 0.29) is 10.5 Å². The van der Waals surface area contributed by atoms with Crippen molar-refractivity contribution >= 4 is 15.7 Å². The second-order valence-corrected chi connectivity index (χ2v) is 5.67. The van der Waals surface area contributed by atoms with Crippen LogP contribution in [0.2, 0.25) is 0 Å². The van der Waals surface area contributed by atoms with Gasteiger partial charge in [-0.1, -0.05) is 6.07 Å². The maximum Gasteiger partial charge on any atom is 0.262 e. The number of nitrogens with one attached hydrogen (secondary N) is 1. The van der Waals surface area contributed by atoms with Gasteiger partial charge < -0.3 is 0 Å². The molecule has 2 rings (SSSR count). The van der Waals surface area contributed by atoms with E-state index in [0.29, 0.717) is 0 Å². The van der Waals surface area contributed by atoms with E-state index >= 15 is 0 Å². The molecule has 0 aliphatic heterocycles. The van der Waals surface area contributed by atoms with Crippen molar-refractivity contribution in [2.75, 3.05) is 4.72 Å². The van der Waals surface area contributed by atoms with E-state index in [4.69, 9.17) is 0 Å². The van der Waals surface area contributed by atoms with Gasteiger partial charge in [-0.05, 0) is 36.8 Å². The molecule has 1 aromatic carbocycles. The molecule has 0 bridgehead atoms. The first-order valence-corrected chi connectivity index (χ1v) is 6.89. The van der Waals surface area contributed by atoms with E-state index in [9.17, 15) is 21.6 Å². The second kappa shape index (κ2) is 5.12. The molecule has 20 heavy (non-hydrogen) atoms. The summed E-state index contributed by atoms with van der Waals surface area (Å²) in [6.07, 6.45) is 0. The number of hydrogen-bond donors (Lipinski definition) is 1. The molecule has 0 amide bonds. The normalized spacial score (nSPS) is 11.4. The third kappa shape index (κ3) is 2.90. The molecular weight excluding hydrogens is 293 g/mol. The molecule has 0 aliphatic carbocycles. The molecule has 0 unspecified atom stereocenters. The van der Waals surface area contributed by atoms with Crippen molar-refractivity contribution < 1.29 is 21.6 Å². The van der Waals surface area contributed by atoms with Crippen LogP contribution >= 0.6 is 0 Å². The number of pyridine rings is 1. The summed E-state index contributed by atoms with van der Waals surface area (Å²) in [6.45, 7) is 1.47. The van der Waals surface area contributed by atoms with Crippen molar-refractivity contribution in [3.05, 3.63) is 53.6 Å². The molecule has 1 heterocycles. The Morgan fingerprint density at radius 2 is 1.80 bits per heavy atom. The molecular formula is C12H9F3N2O2S. The highest BCUT2D eigenvalue weighted by Gasteiger charge is 2.18. The number of nitrogens with zero attached hydrogens (tertiary/aromatic N) is 1. The lowest BCUT2D eigenvalue weighted by Crippen LogP contribution is -2.15. The van der Waals surface area contributed by atoms with Gasteiger partial charge in [-0.2, -0.15) is 13.8 Å². The minimum absolute atomic E-state index is 0.276. The molecule has 8 heteroatoms. The zero-order valence-corrected chi connectivity index (χ0v) is 11.0. The molecule has 0 radical (unpaired) electrons. The molecule has 4 nitrogen and oxygen atoms in total. The maximum absolute atomic E-state index is 13.4. The first kappa shape index (κ1) is 14.3. The Hall–Kier alpha value is -2.09. The molecule has 0 saturated heterocycles. The largest absolute Gasteiger partial charge is 0.275 e. The van der Waals surface area contributed by atoms with Crippen molar-refractivity contribution in [1.82, 2.24) is 4.98 Å². The van der Waals surface area contributed by atoms with Crippen LogP contribution in [0.15, 0.2) is 35.2 Å². The van der Waals surface area contributed by atoms with Crippen LogP contribution < -0.4 is 4.72 Å². The smallest absolute Gasteiger partial charge is 0.262 e. The summed E-state index contributed by atoms with van der Waals surface area (Å²) in [7, 11) is -4.18. The third-order valence-corrected chi connectivity index (χ3v) is 3.88. The van der Waals surface area contributed by atoms with Gasteiger partial charge in [0.1, 0.15) is 11.5 Å². The van der Waals surface area contributed by atoms with Gasteiger partial charge in [0, 0.05) is 0 Å². The summed E-state index contributed by atoms with van der Waals surface area (Å²) in [5.41, 5.74) is -0.244. The van der Waals surface area contributed by atoms with E-state index in [1.54, 1.807) is 0 Å². The lowest BCUT2D eigenvalue weighted by atomic mass is 10.2. The van der Waals surface area contributed by atoms with Gasteiger partial charge in [-0.3, -0.25) is 4.72 Å². The van der Waals surface area contributed by atoms with E-state index in [1.807, 2.05) is 4.72 Å². The van der Waals surface area contributed by atoms with Crippen LogP contribution in [0.1, 0.15) is 5.56 Å². The molecule has 0 saturated carbocycles. The average Bonchev–Trinajstić information content (AvgIpc) is 2.36. The number of benzene rings is 1. The Labute approximate surface area is 113 Å². The van der Waals surface area contributed by atoms with Crippen molar-refractivity contribution in [1.29, 1.82) is 0 Å². The third-order valence-electron chi connectivity index (χ3n) is 2.51. The molecule has 0 spiro atoms. The summed E-state index contributed by atoms with van der Waals surface area (Å²) in [5, 5.41) is 0. The fraction of sp³-hybridized carbons (Fsp3) is 0.0833. The highest BCUT2D eigenvalue weighted by atomic mass is 32.2. The van der Waals surface area contributed by atoms with Crippen LogP contribution in [0.4, 0.5) is 18.9 Å². The van der Waals surface area contributed by atoms with E-state index in [1.165, 1.54) is 19.1 Å². The monoisotopic (exact) mass is 302 g/mol. The average molecular weight is 302 g/mol. The van der Waals surface area contributed by atoms with Crippen molar-refractivity contribution in [3.8, 4) is 0 Å². The number of aromatic nitrogens is 1. The Balaban J connectivity index is 2.38. The van der Waals surface area contributed by atoms with Gasteiger partial charge in [-0.25, -0.2) is 12.8 Å². The fourth-order valence-corrected chi connectivity index (χ4v) is 2.50. The molecule has 1 N–H and O–H groups in total. The molecule has 1 aromatic heterocycles. The Bertz CT molecular complexity index is 763. The van der Waals surface area contributed by atoms with Crippen molar-refractivity contribution in [2.45, 2.75) is 11.8 Å². The zero-order valence-electron chi connectivity index (χ0n) is 10.2. The lowest BCUT2D eigenvalue weighted by molar-refractivity contribution is 0.515. The minimum Gasteiger partial charge on any atom is -0.275 e. The molecule has 0 atom stereocenters. The Morgan fingerprint density at radius 3 is 2.40 bits per heavy atom. The quantitative estimate of drug-likeness (QED) is 0.887. The predicted molar refractivity (Wildman–Crippen MR) is 66.1 cm³/mol. The standard InChI is InChI=1S/C12H9F3N2O2S/c1-7-2-3-8(6-9(7)13)20(18,19)17-10-4-5-11(14)16-12(10)15/h2-6,17H,1H3. The van der Waals surface area contributed by atoms with Crippen LogP contribution in [0, 0.1) is 24.6 Å². The van der Waals surface area contributed by atoms with Crippen molar-refractivity contribution in [2.24, 2.45) is 0 Å². The summed E-state index contributed by atoms with van der Waals surface area (Å²) >= 11 is 0. The number of sulfonamides is 1. The Kier molecular flexibility index (Phi) is 3.67. The number of rotatable bonds is 3. The summed E-state index contributed by atoms with van der Waals surface area (Å²) in [6, 6.07) is 4.96. The molecule has 0 fully saturated rings. The predicted octanol–water partition coefficient (Wildman–Crippen LogP) is 2.61. The van der Waals surface area contributed by atoms with Crippen molar-refractivity contribution in [3.63, 3.8) is 0 Å². The van der Waals surface area contributed by atoms with Crippen LogP contribution in [0.3, 0.4) is 0 Å². The minimum atomic E-state index is -4.18. The van der Waals surface area contributed by atoms with Crippen LogP contribution in [-0.2, 0) is 10.0 Å². The van der Waals surface area contributed by atoms with Gasteiger partial charge >= 0.3 is 0 Å². The number of hydrogen-bond acceptors (Lipinski definition) is 3. The van der Waals surface area contributed by atoms with Crippen LogP contribution in [0.5, 0.6) is 0 Å². The highest BCUT2D eigenvalue weighted by molar-refractivity contribution is 7.92. The Morgan fingerprint density at radius 1 is 1.10 bits per heavy atom. The molecule has 2 aromatic rings. The van der Waals surface area contributed by atoms with E-state index in [0.717, 1.165) is 18.2 Å². The lowest BCUT2D eigenvalue weighted by Gasteiger charge is -2.09. The van der Waals surface area contributed by atoms with Gasteiger partial charge in [0.15, 0.2) is 0 Å². The second-order valence-electron chi connectivity index (χ2n) is 3.99. The van der Waals surface area contributed by atoms with E-state index in [2.05, 4.69) is 4.98 Å². The number of anilines is 1. The highest BCUT2D eigenvalue weighted by Crippen LogP contribution is 2.19. The summed E-state index contributed by atoms with van der Waals surface area (Å²) in [5.74, 6) is -3.08. The van der Waals surface area contributed by atoms with Crippen LogP contribution in [-0.4, -0.2) is 13.4 Å².